The maximum absolute atomic E-state index is 10.2. The summed E-state index contributed by atoms with van der Waals surface area (Å²) in [7, 11) is 0. The number of hydrogen-bond donors (Lipinski definition) is 0. The molecule has 0 saturated heterocycles. The van der Waals surface area contributed by atoms with Crippen LogP contribution in [-0.4, -0.2) is 6.29 Å². The smallest absolute Gasteiger partial charge is 0.120 e. The highest BCUT2D eigenvalue weighted by Crippen LogP contribution is 2.34. The van der Waals surface area contributed by atoms with Gasteiger partial charge in [-0.1, -0.05) is 39.0 Å². The quantitative estimate of drug-likeness (QED) is 0.589. The summed E-state index contributed by atoms with van der Waals surface area (Å²) in [5.41, 5.74) is 0. The third-order valence-electron chi connectivity index (χ3n) is 3.25. The van der Waals surface area contributed by atoms with Gasteiger partial charge in [-0.2, -0.15) is 0 Å². The first-order valence-corrected chi connectivity index (χ1v) is 5.32. The summed E-state index contributed by atoms with van der Waals surface area (Å²) in [4.78, 5) is 10.2. The van der Waals surface area contributed by atoms with E-state index in [0.29, 0.717) is 0 Å². The Morgan fingerprint density at radius 2 is 1.92 bits per heavy atom. The maximum Gasteiger partial charge on any atom is 0.120 e. The van der Waals surface area contributed by atoms with Gasteiger partial charge >= 0.3 is 0 Å². The molecule has 1 nitrogen and oxygen atoms in total. The zero-order valence-corrected chi connectivity index (χ0v) is 8.09. The van der Waals surface area contributed by atoms with Gasteiger partial charge in [0, 0.05) is 6.42 Å². The van der Waals surface area contributed by atoms with Gasteiger partial charge in [0.25, 0.3) is 0 Å². The van der Waals surface area contributed by atoms with Crippen LogP contribution in [0.2, 0.25) is 0 Å². The molecule has 0 heterocycles. The monoisotopic (exact) mass is 168 g/mol. The molecule has 0 spiro atoms. The predicted molar refractivity (Wildman–Crippen MR) is 51.0 cm³/mol. The molecule has 1 aliphatic carbocycles. The zero-order chi connectivity index (χ0) is 8.81. The van der Waals surface area contributed by atoms with Crippen LogP contribution in [0.5, 0.6) is 0 Å². The SMILES string of the molecule is CCC1CCCCC1CCC=O. The van der Waals surface area contributed by atoms with E-state index in [1.165, 1.54) is 32.1 Å². The Hall–Kier alpha value is -0.330. The molecular formula is C11H20O. The van der Waals surface area contributed by atoms with Crippen LogP contribution in [0.4, 0.5) is 0 Å². The van der Waals surface area contributed by atoms with Crippen molar-refractivity contribution in [3.8, 4) is 0 Å². The second-order valence-electron chi connectivity index (χ2n) is 3.96. The molecule has 0 N–H and O–H groups in total. The number of aldehydes is 1. The first kappa shape index (κ1) is 9.76. The lowest BCUT2D eigenvalue weighted by molar-refractivity contribution is -0.108. The van der Waals surface area contributed by atoms with Gasteiger partial charge in [-0.3, -0.25) is 0 Å². The predicted octanol–water partition coefficient (Wildman–Crippen LogP) is 3.18. The van der Waals surface area contributed by atoms with Gasteiger partial charge in [0.05, 0.1) is 0 Å². The molecule has 0 aromatic heterocycles. The fraction of sp³-hybridized carbons (Fsp3) is 0.909. The average molecular weight is 168 g/mol. The van der Waals surface area contributed by atoms with E-state index in [-0.39, 0.29) is 0 Å². The Kier molecular flexibility index (Phi) is 4.34. The second kappa shape index (κ2) is 5.34. The average Bonchev–Trinajstić information content (AvgIpc) is 2.15. The first-order chi connectivity index (χ1) is 5.88. The number of carbonyl (C=O) groups is 1. The molecule has 1 aliphatic rings. The van der Waals surface area contributed by atoms with Gasteiger partial charge in [-0.25, -0.2) is 0 Å². The molecule has 1 fully saturated rings. The van der Waals surface area contributed by atoms with Crippen LogP contribution in [0.3, 0.4) is 0 Å². The molecule has 0 aromatic carbocycles. The topological polar surface area (TPSA) is 17.1 Å². The molecule has 12 heavy (non-hydrogen) atoms. The van der Waals surface area contributed by atoms with Crippen LogP contribution in [0, 0.1) is 11.8 Å². The van der Waals surface area contributed by atoms with Crippen molar-refractivity contribution in [3.63, 3.8) is 0 Å². The standard InChI is InChI=1S/C11H20O/c1-2-10-6-3-4-7-11(10)8-5-9-12/h9-11H,2-8H2,1H3. The first-order valence-electron chi connectivity index (χ1n) is 5.32. The number of hydrogen-bond acceptors (Lipinski definition) is 1. The summed E-state index contributed by atoms with van der Waals surface area (Å²) in [6, 6.07) is 0. The van der Waals surface area contributed by atoms with Gasteiger partial charge in [-0.15, -0.1) is 0 Å². The number of carbonyl (C=O) groups excluding carboxylic acids is 1. The van der Waals surface area contributed by atoms with E-state index in [2.05, 4.69) is 6.92 Å². The number of rotatable bonds is 4. The molecule has 0 aromatic rings. The lowest BCUT2D eigenvalue weighted by atomic mass is 9.76. The summed E-state index contributed by atoms with van der Waals surface area (Å²) in [6.07, 6.45) is 9.87. The minimum absolute atomic E-state index is 0.779. The van der Waals surface area contributed by atoms with Crippen LogP contribution in [0.15, 0.2) is 0 Å². The van der Waals surface area contributed by atoms with Crippen molar-refractivity contribution in [2.24, 2.45) is 11.8 Å². The summed E-state index contributed by atoms with van der Waals surface area (Å²) in [6.45, 7) is 2.28. The highest BCUT2D eigenvalue weighted by molar-refractivity contribution is 5.49. The minimum atomic E-state index is 0.779. The molecular weight excluding hydrogens is 148 g/mol. The van der Waals surface area contributed by atoms with Crippen molar-refractivity contribution in [1.29, 1.82) is 0 Å². The van der Waals surface area contributed by atoms with Crippen LogP contribution < -0.4 is 0 Å². The maximum atomic E-state index is 10.2. The van der Waals surface area contributed by atoms with Crippen LogP contribution in [0.25, 0.3) is 0 Å². The van der Waals surface area contributed by atoms with E-state index >= 15 is 0 Å². The molecule has 0 amide bonds. The zero-order valence-electron chi connectivity index (χ0n) is 8.09. The third kappa shape index (κ3) is 2.62. The molecule has 1 rings (SSSR count). The largest absolute Gasteiger partial charge is 0.303 e. The fourth-order valence-electron chi connectivity index (χ4n) is 2.48. The summed E-state index contributed by atoms with van der Waals surface area (Å²) < 4.78 is 0. The Morgan fingerprint density at radius 3 is 2.50 bits per heavy atom. The van der Waals surface area contributed by atoms with Gasteiger partial charge in [0.1, 0.15) is 6.29 Å². The molecule has 0 bridgehead atoms. The van der Waals surface area contributed by atoms with Gasteiger partial charge in [-0.05, 0) is 18.3 Å². The fourth-order valence-corrected chi connectivity index (χ4v) is 2.48. The van der Waals surface area contributed by atoms with E-state index < -0.39 is 0 Å². The van der Waals surface area contributed by atoms with Crippen molar-refractivity contribution in [3.05, 3.63) is 0 Å². The molecule has 70 valence electrons. The van der Waals surface area contributed by atoms with Gasteiger partial charge in [0.15, 0.2) is 0 Å². The lowest BCUT2D eigenvalue weighted by Crippen LogP contribution is -2.18. The van der Waals surface area contributed by atoms with Crippen molar-refractivity contribution in [1.82, 2.24) is 0 Å². The van der Waals surface area contributed by atoms with Crippen molar-refractivity contribution < 1.29 is 4.79 Å². The highest BCUT2D eigenvalue weighted by atomic mass is 16.1. The van der Waals surface area contributed by atoms with E-state index in [4.69, 9.17) is 0 Å². The molecule has 2 unspecified atom stereocenters. The Balaban J connectivity index is 2.30. The highest BCUT2D eigenvalue weighted by Gasteiger charge is 2.22. The Bertz CT molecular complexity index is 131. The van der Waals surface area contributed by atoms with Crippen LogP contribution in [0.1, 0.15) is 51.9 Å². The van der Waals surface area contributed by atoms with Crippen LogP contribution in [-0.2, 0) is 4.79 Å². The van der Waals surface area contributed by atoms with E-state index in [1.807, 2.05) is 0 Å². The van der Waals surface area contributed by atoms with Crippen molar-refractivity contribution in [2.75, 3.05) is 0 Å². The summed E-state index contributed by atoms with van der Waals surface area (Å²) in [5, 5.41) is 0. The van der Waals surface area contributed by atoms with Crippen molar-refractivity contribution >= 4 is 6.29 Å². The molecule has 2 atom stereocenters. The summed E-state index contributed by atoms with van der Waals surface area (Å²) in [5.74, 6) is 1.77. The molecule has 1 saturated carbocycles. The lowest BCUT2D eigenvalue weighted by Gasteiger charge is -2.30. The normalized spacial score (nSPS) is 30.1. The second-order valence-corrected chi connectivity index (χ2v) is 3.96. The molecule has 1 heteroatoms. The minimum Gasteiger partial charge on any atom is -0.303 e. The Morgan fingerprint density at radius 1 is 1.25 bits per heavy atom. The van der Waals surface area contributed by atoms with Crippen LogP contribution >= 0.6 is 0 Å². The van der Waals surface area contributed by atoms with E-state index in [1.54, 1.807) is 0 Å². The van der Waals surface area contributed by atoms with E-state index in [0.717, 1.165) is 31.0 Å². The third-order valence-corrected chi connectivity index (χ3v) is 3.25. The summed E-state index contributed by atoms with van der Waals surface area (Å²) >= 11 is 0. The van der Waals surface area contributed by atoms with Gasteiger partial charge in [0.2, 0.25) is 0 Å². The van der Waals surface area contributed by atoms with E-state index in [9.17, 15) is 4.79 Å². The Labute approximate surface area is 75.5 Å². The molecule has 0 radical (unpaired) electrons. The van der Waals surface area contributed by atoms with Gasteiger partial charge < -0.3 is 4.79 Å². The van der Waals surface area contributed by atoms with Crippen molar-refractivity contribution in [2.45, 2.75) is 51.9 Å². The molecule has 0 aliphatic heterocycles.